The van der Waals surface area contributed by atoms with Crippen molar-refractivity contribution in [2.24, 2.45) is 5.73 Å². The highest BCUT2D eigenvalue weighted by Crippen LogP contribution is 2.25. The summed E-state index contributed by atoms with van der Waals surface area (Å²) in [6.45, 7) is 1.05. The number of nitrogens with two attached hydrogens (primary N) is 1. The van der Waals surface area contributed by atoms with Crippen molar-refractivity contribution in [3.05, 3.63) is 47.2 Å². The van der Waals surface area contributed by atoms with Crippen LogP contribution in [0, 0.1) is 0 Å². The summed E-state index contributed by atoms with van der Waals surface area (Å²) in [6.07, 6.45) is 3.49. The third kappa shape index (κ3) is 3.45. The first kappa shape index (κ1) is 12.9. The van der Waals surface area contributed by atoms with E-state index in [0.717, 1.165) is 21.6 Å². The molecule has 0 spiro atoms. The quantitative estimate of drug-likeness (QED) is 0.891. The van der Waals surface area contributed by atoms with E-state index in [-0.39, 0.29) is 0 Å². The van der Waals surface area contributed by atoms with E-state index in [1.54, 1.807) is 12.4 Å². The highest BCUT2D eigenvalue weighted by Gasteiger charge is 2.00. The van der Waals surface area contributed by atoms with Crippen LogP contribution in [0.2, 0.25) is 0 Å². The van der Waals surface area contributed by atoms with Crippen LogP contribution in [0.4, 0.5) is 11.4 Å². The molecule has 0 aliphatic rings. The number of nitrogens with one attached hydrogen (secondary N) is 1. The minimum atomic E-state index is 0.518. The Bertz CT molecular complexity index is 502. The Kier molecular flexibility index (Phi) is 4.55. The van der Waals surface area contributed by atoms with E-state index in [1.165, 1.54) is 0 Å². The van der Waals surface area contributed by atoms with E-state index in [2.05, 4.69) is 26.2 Å². The summed E-state index contributed by atoms with van der Waals surface area (Å²) in [5, 5.41) is 3.29. The number of rotatable bonds is 5. The van der Waals surface area contributed by atoms with Crippen molar-refractivity contribution in [3.63, 3.8) is 0 Å². The lowest BCUT2D eigenvalue weighted by Crippen LogP contribution is -2.10. The van der Waals surface area contributed by atoms with Crippen LogP contribution in [0.15, 0.2) is 47.2 Å². The van der Waals surface area contributed by atoms with Crippen LogP contribution in [0.3, 0.4) is 0 Å². The van der Waals surface area contributed by atoms with E-state index in [0.29, 0.717) is 13.2 Å². The van der Waals surface area contributed by atoms with Gasteiger partial charge in [0.1, 0.15) is 12.4 Å². The lowest BCUT2D eigenvalue weighted by Gasteiger charge is -2.09. The van der Waals surface area contributed by atoms with Crippen LogP contribution in [0.25, 0.3) is 0 Å². The molecular formula is C13H14BrN3O. The smallest absolute Gasteiger partial charge is 0.119 e. The molecule has 0 atom stereocenters. The zero-order valence-corrected chi connectivity index (χ0v) is 11.4. The van der Waals surface area contributed by atoms with Gasteiger partial charge >= 0.3 is 0 Å². The Morgan fingerprint density at radius 3 is 2.67 bits per heavy atom. The Morgan fingerprint density at radius 2 is 2.00 bits per heavy atom. The largest absolute Gasteiger partial charge is 0.492 e. The number of aromatic nitrogens is 1. The van der Waals surface area contributed by atoms with E-state index in [4.69, 9.17) is 10.5 Å². The summed E-state index contributed by atoms with van der Waals surface area (Å²) in [5.74, 6) is 0.819. The second kappa shape index (κ2) is 6.37. The molecule has 0 saturated heterocycles. The van der Waals surface area contributed by atoms with Gasteiger partial charge in [-0.3, -0.25) is 4.98 Å². The van der Waals surface area contributed by atoms with E-state index in [1.807, 2.05) is 30.3 Å². The summed E-state index contributed by atoms with van der Waals surface area (Å²) >= 11 is 3.44. The van der Waals surface area contributed by atoms with Crippen molar-refractivity contribution >= 4 is 27.3 Å². The van der Waals surface area contributed by atoms with Crippen LogP contribution in [-0.4, -0.2) is 18.1 Å². The van der Waals surface area contributed by atoms with Gasteiger partial charge in [0, 0.05) is 24.6 Å². The minimum absolute atomic E-state index is 0.518. The van der Waals surface area contributed by atoms with Gasteiger partial charge in [-0.25, -0.2) is 0 Å². The normalized spacial score (nSPS) is 10.1. The van der Waals surface area contributed by atoms with Gasteiger partial charge in [0.05, 0.1) is 10.2 Å². The first-order chi connectivity index (χ1) is 8.79. The van der Waals surface area contributed by atoms with E-state index in [9.17, 15) is 0 Å². The van der Waals surface area contributed by atoms with Gasteiger partial charge in [0.25, 0.3) is 0 Å². The topological polar surface area (TPSA) is 60.2 Å². The van der Waals surface area contributed by atoms with Gasteiger partial charge < -0.3 is 15.8 Å². The molecule has 5 heteroatoms. The third-order valence-electron chi connectivity index (χ3n) is 2.29. The number of anilines is 2. The molecular weight excluding hydrogens is 294 g/mol. The summed E-state index contributed by atoms with van der Waals surface area (Å²) in [6, 6.07) is 9.64. The average Bonchev–Trinajstić information content (AvgIpc) is 2.41. The first-order valence-electron chi connectivity index (χ1n) is 5.59. The molecule has 94 valence electrons. The third-order valence-corrected chi connectivity index (χ3v) is 2.92. The second-order valence-corrected chi connectivity index (χ2v) is 4.50. The maximum atomic E-state index is 5.41. The van der Waals surface area contributed by atoms with Crippen LogP contribution in [0.1, 0.15) is 0 Å². The fourth-order valence-corrected chi connectivity index (χ4v) is 1.79. The molecule has 0 amide bonds. The SMILES string of the molecule is NCCOc1ccc(Nc2ccncc2Br)cc1. The second-order valence-electron chi connectivity index (χ2n) is 3.64. The fourth-order valence-electron chi connectivity index (χ4n) is 1.44. The number of ether oxygens (including phenoxy) is 1. The Morgan fingerprint density at radius 1 is 1.22 bits per heavy atom. The number of halogens is 1. The van der Waals surface area contributed by atoms with Gasteiger partial charge in [-0.15, -0.1) is 0 Å². The maximum absolute atomic E-state index is 5.41. The van der Waals surface area contributed by atoms with E-state index >= 15 is 0 Å². The number of hydrogen-bond acceptors (Lipinski definition) is 4. The van der Waals surface area contributed by atoms with Gasteiger partial charge in [-0.05, 0) is 46.3 Å². The highest BCUT2D eigenvalue weighted by atomic mass is 79.9. The Hall–Kier alpha value is -1.59. The summed E-state index contributed by atoms with van der Waals surface area (Å²) in [7, 11) is 0. The molecule has 1 heterocycles. The number of nitrogens with zero attached hydrogens (tertiary/aromatic N) is 1. The van der Waals surface area contributed by atoms with Gasteiger partial charge in [0.2, 0.25) is 0 Å². The van der Waals surface area contributed by atoms with Gasteiger partial charge in [0.15, 0.2) is 0 Å². The molecule has 0 radical (unpaired) electrons. The molecule has 0 saturated carbocycles. The maximum Gasteiger partial charge on any atom is 0.119 e. The number of pyridine rings is 1. The van der Waals surface area contributed by atoms with Crippen LogP contribution in [0.5, 0.6) is 5.75 Å². The van der Waals surface area contributed by atoms with Crippen LogP contribution >= 0.6 is 15.9 Å². The highest BCUT2D eigenvalue weighted by molar-refractivity contribution is 9.10. The van der Waals surface area contributed by atoms with Crippen LogP contribution in [-0.2, 0) is 0 Å². The molecule has 2 rings (SSSR count). The fraction of sp³-hybridized carbons (Fsp3) is 0.154. The molecule has 1 aromatic carbocycles. The van der Waals surface area contributed by atoms with Crippen molar-refractivity contribution in [1.82, 2.24) is 4.98 Å². The molecule has 0 aliphatic carbocycles. The van der Waals surface area contributed by atoms with Crippen molar-refractivity contribution in [3.8, 4) is 5.75 Å². The van der Waals surface area contributed by atoms with Crippen molar-refractivity contribution in [2.45, 2.75) is 0 Å². The summed E-state index contributed by atoms with van der Waals surface area (Å²) in [5.41, 5.74) is 7.34. The summed E-state index contributed by atoms with van der Waals surface area (Å²) in [4.78, 5) is 4.02. The summed E-state index contributed by atoms with van der Waals surface area (Å²) < 4.78 is 6.34. The lowest BCUT2D eigenvalue weighted by molar-refractivity contribution is 0.328. The lowest BCUT2D eigenvalue weighted by atomic mass is 10.3. The molecule has 0 unspecified atom stereocenters. The van der Waals surface area contributed by atoms with Crippen molar-refractivity contribution in [1.29, 1.82) is 0 Å². The number of benzene rings is 1. The predicted octanol–water partition coefficient (Wildman–Crippen LogP) is 2.93. The standard InChI is InChI=1S/C13H14BrN3O/c14-12-9-16-7-5-13(12)17-10-1-3-11(4-2-10)18-8-6-15/h1-5,7,9H,6,8,15H2,(H,16,17). The van der Waals surface area contributed by atoms with Crippen molar-refractivity contribution in [2.75, 3.05) is 18.5 Å². The molecule has 18 heavy (non-hydrogen) atoms. The molecule has 0 aliphatic heterocycles. The molecule has 1 aromatic heterocycles. The molecule has 4 nitrogen and oxygen atoms in total. The Balaban J connectivity index is 2.04. The molecule has 0 bridgehead atoms. The average molecular weight is 308 g/mol. The minimum Gasteiger partial charge on any atom is -0.492 e. The predicted molar refractivity (Wildman–Crippen MR) is 76.2 cm³/mol. The van der Waals surface area contributed by atoms with Gasteiger partial charge in [-0.2, -0.15) is 0 Å². The molecule has 2 aromatic rings. The zero-order valence-electron chi connectivity index (χ0n) is 9.77. The van der Waals surface area contributed by atoms with Gasteiger partial charge in [-0.1, -0.05) is 0 Å². The van der Waals surface area contributed by atoms with Crippen molar-refractivity contribution < 1.29 is 4.74 Å². The Labute approximate surface area is 114 Å². The number of hydrogen-bond donors (Lipinski definition) is 2. The van der Waals surface area contributed by atoms with E-state index < -0.39 is 0 Å². The zero-order chi connectivity index (χ0) is 12.8. The molecule has 3 N–H and O–H groups in total. The van der Waals surface area contributed by atoms with Crippen LogP contribution < -0.4 is 15.8 Å². The first-order valence-corrected chi connectivity index (χ1v) is 6.38. The molecule has 0 fully saturated rings. The monoisotopic (exact) mass is 307 g/mol.